The molecule has 0 aromatic heterocycles. The van der Waals surface area contributed by atoms with Crippen molar-refractivity contribution in [3.63, 3.8) is 0 Å². The number of para-hydroxylation sites is 1. The standard InChI is InChI=1S/C17H16N2O2S2/c1-2-21-14-10-8-12(9-11-14)18-15-16(20)19(17(22)23-15)13-6-4-3-5-7-13/h3-11,15,18H,2H2,1H3/t15-/m0/s1. The predicted molar refractivity (Wildman–Crippen MR) is 99.1 cm³/mol. The molecule has 0 radical (unpaired) electrons. The minimum absolute atomic E-state index is 0.0555. The van der Waals surface area contributed by atoms with Gasteiger partial charge in [-0.25, -0.2) is 0 Å². The van der Waals surface area contributed by atoms with Crippen LogP contribution in [0.25, 0.3) is 0 Å². The van der Waals surface area contributed by atoms with Crippen LogP contribution in [0, 0.1) is 0 Å². The summed E-state index contributed by atoms with van der Waals surface area (Å²) >= 11 is 6.71. The first-order valence-electron chi connectivity index (χ1n) is 7.28. The molecule has 1 atom stereocenters. The monoisotopic (exact) mass is 344 g/mol. The van der Waals surface area contributed by atoms with Gasteiger partial charge in [-0.3, -0.25) is 9.69 Å². The fourth-order valence-corrected chi connectivity index (χ4v) is 3.67. The Bertz CT molecular complexity index is 704. The molecule has 1 aliphatic heterocycles. The molecule has 6 heteroatoms. The molecule has 1 aliphatic rings. The molecule has 0 aliphatic carbocycles. The van der Waals surface area contributed by atoms with Gasteiger partial charge in [0, 0.05) is 5.69 Å². The van der Waals surface area contributed by atoms with Crippen LogP contribution in [0.2, 0.25) is 0 Å². The number of rotatable bonds is 5. The minimum Gasteiger partial charge on any atom is -0.494 e. The molecule has 0 spiro atoms. The Morgan fingerprint density at radius 1 is 1.17 bits per heavy atom. The number of carbonyl (C=O) groups is 1. The number of ether oxygens (including phenoxy) is 1. The lowest BCUT2D eigenvalue weighted by molar-refractivity contribution is -0.116. The minimum atomic E-state index is -0.416. The number of thiocarbonyl (C=S) groups is 1. The van der Waals surface area contributed by atoms with Crippen molar-refractivity contribution in [3.05, 3.63) is 54.6 Å². The number of hydrogen-bond donors (Lipinski definition) is 1. The Morgan fingerprint density at radius 3 is 2.52 bits per heavy atom. The van der Waals surface area contributed by atoms with Gasteiger partial charge in [0.1, 0.15) is 10.1 Å². The Hall–Kier alpha value is -2.05. The lowest BCUT2D eigenvalue weighted by atomic mass is 10.3. The molecule has 0 unspecified atom stereocenters. The van der Waals surface area contributed by atoms with Gasteiger partial charge in [0.05, 0.1) is 12.3 Å². The first-order chi connectivity index (χ1) is 11.2. The summed E-state index contributed by atoms with van der Waals surface area (Å²) < 4.78 is 5.97. The molecule has 0 bridgehead atoms. The van der Waals surface area contributed by atoms with Crippen LogP contribution in [0.1, 0.15) is 6.92 Å². The average molecular weight is 344 g/mol. The van der Waals surface area contributed by atoms with Gasteiger partial charge in [-0.05, 0) is 43.3 Å². The van der Waals surface area contributed by atoms with Crippen LogP contribution in [0.5, 0.6) is 5.75 Å². The highest BCUT2D eigenvalue weighted by molar-refractivity contribution is 8.25. The molecule has 2 aromatic carbocycles. The highest BCUT2D eigenvalue weighted by Crippen LogP contribution is 2.32. The number of nitrogens with one attached hydrogen (secondary N) is 1. The van der Waals surface area contributed by atoms with Crippen molar-refractivity contribution in [2.24, 2.45) is 0 Å². The molecule has 23 heavy (non-hydrogen) atoms. The van der Waals surface area contributed by atoms with E-state index in [0.717, 1.165) is 17.1 Å². The van der Waals surface area contributed by atoms with Gasteiger partial charge in [-0.2, -0.15) is 0 Å². The van der Waals surface area contributed by atoms with E-state index < -0.39 is 5.37 Å². The lowest BCUT2D eigenvalue weighted by Crippen LogP contribution is -2.34. The summed E-state index contributed by atoms with van der Waals surface area (Å²) in [6.07, 6.45) is 0. The first-order valence-corrected chi connectivity index (χ1v) is 8.57. The maximum Gasteiger partial charge on any atom is 0.266 e. The third-order valence-corrected chi connectivity index (χ3v) is 4.73. The molecule has 1 saturated heterocycles. The van der Waals surface area contributed by atoms with E-state index in [9.17, 15) is 4.79 Å². The van der Waals surface area contributed by atoms with E-state index in [0.29, 0.717) is 10.9 Å². The second-order valence-electron chi connectivity index (χ2n) is 4.87. The van der Waals surface area contributed by atoms with Gasteiger partial charge in [-0.1, -0.05) is 42.2 Å². The summed E-state index contributed by atoms with van der Waals surface area (Å²) in [5.74, 6) is 0.755. The zero-order valence-electron chi connectivity index (χ0n) is 12.6. The quantitative estimate of drug-likeness (QED) is 0.834. The fraction of sp³-hybridized carbons (Fsp3) is 0.176. The SMILES string of the molecule is CCOc1ccc(N[C@H]2SC(=S)N(c3ccccc3)C2=O)cc1. The van der Waals surface area contributed by atoms with Gasteiger partial charge in [-0.15, -0.1) is 0 Å². The van der Waals surface area contributed by atoms with Gasteiger partial charge in [0.15, 0.2) is 5.37 Å². The van der Waals surface area contributed by atoms with Crippen LogP contribution in [0.4, 0.5) is 11.4 Å². The van der Waals surface area contributed by atoms with Gasteiger partial charge >= 0.3 is 0 Å². The van der Waals surface area contributed by atoms with Crippen LogP contribution >= 0.6 is 24.0 Å². The van der Waals surface area contributed by atoms with E-state index in [1.165, 1.54) is 11.8 Å². The Balaban J connectivity index is 1.72. The number of carbonyl (C=O) groups excluding carboxylic acids is 1. The third-order valence-electron chi connectivity index (χ3n) is 3.32. The van der Waals surface area contributed by atoms with Crippen LogP contribution in [-0.2, 0) is 4.79 Å². The molecule has 1 N–H and O–H groups in total. The van der Waals surface area contributed by atoms with Crippen LogP contribution in [-0.4, -0.2) is 22.2 Å². The summed E-state index contributed by atoms with van der Waals surface area (Å²) in [7, 11) is 0. The van der Waals surface area contributed by atoms with E-state index >= 15 is 0 Å². The summed E-state index contributed by atoms with van der Waals surface area (Å²) in [6.45, 7) is 2.57. The number of nitrogens with zero attached hydrogens (tertiary/aromatic N) is 1. The maximum absolute atomic E-state index is 12.6. The molecule has 2 aromatic rings. The van der Waals surface area contributed by atoms with Crippen molar-refractivity contribution in [1.82, 2.24) is 0 Å². The van der Waals surface area contributed by atoms with Gasteiger partial charge < -0.3 is 10.1 Å². The summed E-state index contributed by atoms with van der Waals surface area (Å²) in [5, 5.41) is 2.80. The Labute approximate surface area is 144 Å². The molecular weight excluding hydrogens is 328 g/mol. The number of hydrogen-bond acceptors (Lipinski definition) is 5. The average Bonchev–Trinajstić information content (AvgIpc) is 2.84. The predicted octanol–water partition coefficient (Wildman–Crippen LogP) is 3.89. The van der Waals surface area contributed by atoms with Crippen molar-refractivity contribution in [1.29, 1.82) is 0 Å². The van der Waals surface area contributed by atoms with Gasteiger partial charge in [0.2, 0.25) is 0 Å². The molecule has 118 valence electrons. The highest BCUT2D eigenvalue weighted by Gasteiger charge is 2.37. The van der Waals surface area contributed by atoms with Crippen LogP contribution in [0.15, 0.2) is 54.6 Å². The van der Waals surface area contributed by atoms with Crippen molar-refractivity contribution in [2.75, 3.05) is 16.8 Å². The van der Waals surface area contributed by atoms with Crippen LogP contribution < -0.4 is 15.0 Å². The lowest BCUT2D eigenvalue weighted by Gasteiger charge is -2.16. The maximum atomic E-state index is 12.6. The first kappa shape index (κ1) is 15.8. The molecule has 4 nitrogen and oxygen atoms in total. The van der Waals surface area contributed by atoms with E-state index in [2.05, 4.69) is 5.32 Å². The molecular formula is C17H16N2O2S2. The van der Waals surface area contributed by atoms with Crippen molar-refractivity contribution < 1.29 is 9.53 Å². The second kappa shape index (κ2) is 7.02. The zero-order chi connectivity index (χ0) is 16.2. The molecule has 1 amide bonds. The largest absolute Gasteiger partial charge is 0.494 e. The van der Waals surface area contributed by atoms with Gasteiger partial charge in [0.25, 0.3) is 5.91 Å². The zero-order valence-corrected chi connectivity index (χ0v) is 14.2. The fourth-order valence-electron chi connectivity index (χ4n) is 2.28. The van der Waals surface area contributed by atoms with Crippen LogP contribution in [0.3, 0.4) is 0 Å². The van der Waals surface area contributed by atoms with E-state index in [1.807, 2.05) is 61.5 Å². The van der Waals surface area contributed by atoms with Crippen molar-refractivity contribution in [2.45, 2.75) is 12.3 Å². The topological polar surface area (TPSA) is 41.6 Å². The summed E-state index contributed by atoms with van der Waals surface area (Å²) in [5.41, 5.74) is 1.66. The number of amides is 1. The number of anilines is 2. The second-order valence-corrected chi connectivity index (χ2v) is 6.61. The Morgan fingerprint density at radius 2 is 1.87 bits per heavy atom. The number of benzene rings is 2. The Kier molecular flexibility index (Phi) is 4.83. The summed E-state index contributed by atoms with van der Waals surface area (Å²) in [6, 6.07) is 17.0. The van der Waals surface area contributed by atoms with E-state index in [4.69, 9.17) is 17.0 Å². The van der Waals surface area contributed by atoms with E-state index in [1.54, 1.807) is 4.90 Å². The molecule has 0 saturated carbocycles. The highest BCUT2D eigenvalue weighted by atomic mass is 32.2. The van der Waals surface area contributed by atoms with Crippen molar-refractivity contribution in [3.8, 4) is 5.75 Å². The normalized spacial score (nSPS) is 17.4. The molecule has 3 rings (SSSR count). The number of thioether (sulfide) groups is 1. The summed E-state index contributed by atoms with van der Waals surface area (Å²) in [4.78, 5) is 14.2. The third kappa shape index (κ3) is 3.48. The molecule has 1 heterocycles. The molecule has 1 fully saturated rings. The smallest absolute Gasteiger partial charge is 0.266 e. The van der Waals surface area contributed by atoms with E-state index in [-0.39, 0.29) is 5.91 Å². The van der Waals surface area contributed by atoms with Crippen molar-refractivity contribution >= 4 is 45.6 Å².